The van der Waals surface area contributed by atoms with E-state index in [0.717, 1.165) is 5.02 Å². The average molecular weight is 281 g/mol. The van der Waals surface area contributed by atoms with Gasteiger partial charge in [-0.05, 0) is 30.7 Å². The van der Waals surface area contributed by atoms with Crippen LogP contribution in [0, 0.1) is 6.92 Å². The van der Waals surface area contributed by atoms with Crippen molar-refractivity contribution < 1.29 is 0 Å². The Morgan fingerprint density at radius 3 is 2.72 bits per heavy atom. The molecule has 0 aliphatic rings. The average Bonchev–Trinajstić information content (AvgIpc) is 2.76. The van der Waals surface area contributed by atoms with Crippen molar-refractivity contribution in [3.8, 4) is 0 Å². The number of hydrogen-bond donors (Lipinski definition) is 1. The van der Waals surface area contributed by atoms with Crippen molar-refractivity contribution in [3.05, 3.63) is 51.2 Å². The highest BCUT2D eigenvalue weighted by Gasteiger charge is 2.17. The second-order valence-corrected chi connectivity index (χ2v) is 5.75. The van der Waals surface area contributed by atoms with Crippen LogP contribution >= 0.6 is 22.9 Å². The fourth-order valence-electron chi connectivity index (χ4n) is 2.00. The number of anilines is 1. The fraction of sp³-hybridized carbons (Fsp3) is 0.286. The smallest absolute Gasteiger partial charge is 0.0754 e. The van der Waals surface area contributed by atoms with Gasteiger partial charge in [0.15, 0.2) is 0 Å². The van der Waals surface area contributed by atoms with Crippen molar-refractivity contribution in [2.24, 2.45) is 5.73 Å². The van der Waals surface area contributed by atoms with Gasteiger partial charge in [0.1, 0.15) is 0 Å². The largest absolute Gasteiger partial charge is 0.365 e. The number of hydrogen-bond acceptors (Lipinski definition) is 3. The number of thiophene rings is 1. The summed E-state index contributed by atoms with van der Waals surface area (Å²) < 4.78 is 0. The molecule has 0 bridgehead atoms. The fourth-order valence-corrected chi connectivity index (χ4v) is 3.23. The molecule has 2 aromatic rings. The molecule has 0 saturated heterocycles. The Kier molecular flexibility index (Phi) is 4.27. The number of benzene rings is 1. The van der Waals surface area contributed by atoms with Gasteiger partial charge in [0.05, 0.1) is 11.1 Å². The predicted octanol–water partition coefficient (Wildman–Crippen LogP) is 3.85. The first kappa shape index (κ1) is 13.4. The predicted molar refractivity (Wildman–Crippen MR) is 80.7 cm³/mol. The van der Waals surface area contributed by atoms with Crippen LogP contribution in [0.5, 0.6) is 0 Å². The van der Waals surface area contributed by atoms with E-state index in [0.29, 0.717) is 6.54 Å². The van der Waals surface area contributed by atoms with Crippen LogP contribution in [-0.2, 0) is 0 Å². The Morgan fingerprint density at radius 1 is 1.39 bits per heavy atom. The molecule has 18 heavy (non-hydrogen) atoms. The molecule has 1 heterocycles. The zero-order chi connectivity index (χ0) is 13.1. The third-order valence-corrected chi connectivity index (χ3v) is 4.40. The van der Waals surface area contributed by atoms with E-state index in [-0.39, 0.29) is 6.04 Å². The van der Waals surface area contributed by atoms with Gasteiger partial charge in [-0.2, -0.15) is 0 Å². The van der Waals surface area contributed by atoms with Crippen molar-refractivity contribution >= 4 is 28.6 Å². The van der Waals surface area contributed by atoms with Crippen LogP contribution in [-0.4, -0.2) is 13.6 Å². The Morgan fingerprint density at radius 2 is 2.17 bits per heavy atom. The number of halogens is 1. The maximum Gasteiger partial charge on any atom is 0.0754 e. The molecule has 1 aromatic carbocycles. The first-order valence-corrected chi connectivity index (χ1v) is 7.11. The maximum atomic E-state index is 5.99. The minimum absolute atomic E-state index is 0.171. The van der Waals surface area contributed by atoms with Gasteiger partial charge >= 0.3 is 0 Å². The van der Waals surface area contributed by atoms with Gasteiger partial charge in [-0.15, -0.1) is 11.3 Å². The molecule has 0 aliphatic carbocycles. The van der Waals surface area contributed by atoms with Gasteiger partial charge in [0.25, 0.3) is 0 Å². The highest BCUT2D eigenvalue weighted by molar-refractivity contribution is 7.10. The maximum absolute atomic E-state index is 5.99. The summed E-state index contributed by atoms with van der Waals surface area (Å²) in [5.41, 5.74) is 8.34. The molecule has 1 atom stereocenters. The van der Waals surface area contributed by atoms with Crippen molar-refractivity contribution in [2.75, 3.05) is 18.5 Å². The normalized spacial score (nSPS) is 12.4. The van der Waals surface area contributed by atoms with Crippen molar-refractivity contribution in [3.63, 3.8) is 0 Å². The topological polar surface area (TPSA) is 29.3 Å². The molecule has 0 saturated carbocycles. The van der Waals surface area contributed by atoms with E-state index in [1.807, 2.05) is 11.4 Å². The van der Waals surface area contributed by atoms with Gasteiger partial charge in [-0.25, -0.2) is 0 Å². The minimum Gasteiger partial charge on any atom is -0.365 e. The zero-order valence-corrected chi connectivity index (χ0v) is 12.1. The van der Waals surface area contributed by atoms with Gasteiger partial charge in [0.2, 0.25) is 0 Å². The second kappa shape index (κ2) is 5.74. The summed E-state index contributed by atoms with van der Waals surface area (Å²) in [6.45, 7) is 2.66. The van der Waals surface area contributed by atoms with Crippen LogP contribution in [0.2, 0.25) is 5.02 Å². The van der Waals surface area contributed by atoms with E-state index >= 15 is 0 Å². The monoisotopic (exact) mass is 280 g/mol. The molecule has 2 N–H and O–H groups in total. The van der Waals surface area contributed by atoms with E-state index in [1.54, 1.807) is 11.3 Å². The summed E-state index contributed by atoms with van der Waals surface area (Å²) in [6.07, 6.45) is 0. The lowest BCUT2D eigenvalue weighted by atomic mass is 10.1. The first-order valence-electron chi connectivity index (χ1n) is 5.85. The summed E-state index contributed by atoms with van der Waals surface area (Å²) >= 11 is 7.64. The van der Waals surface area contributed by atoms with E-state index < -0.39 is 0 Å². The minimum atomic E-state index is 0.171. The van der Waals surface area contributed by atoms with Crippen LogP contribution in [0.25, 0.3) is 0 Å². The molecular weight excluding hydrogens is 264 g/mol. The molecule has 0 spiro atoms. The molecule has 0 fully saturated rings. The molecule has 2 rings (SSSR count). The first-order chi connectivity index (χ1) is 8.61. The third-order valence-electron chi connectivity index (χ3n) is 3.02. The third kappa shape index (κ3) is 2.86. The zero-order valence-electron chi connectivity index (χ0n) is 10.6. The number of nitrogens with two attached hydrogens (primary N) is 1. The lowest BCUT2D eigenvalue weighted by Crippen LogP contribution is -2.29. The van der Waals surface area contributed by atoms with Crippen LogP contribution in [0.1, 0.15) is 16.5 Å². The standard InChI is InChI=1S/C14H17ClN2S/c1-10-4-3-5-12(6-10)17(2)13(8-16)14-7-11(15)9-18-14/h3-7,9,13H,8,16H2,1-2H3. The molecule has 2 nitrogen and oxygen atoms in total. The molecule has 0 radical (unpaired) electrons. The van der Waals surface area contributed by atoms with Crippen LogP contribution < -0.4 is 10.6 Å². The molecule has 4 heteroatoms. The summed E-state index contributed by atoms with van der Waals surface area (Å²) in [7, 11) is 2.07. The van der Waals surface area contributed by atoms with Gasteiger partial charge in [0, 0.05) is 29.5 Å². The lowest BCUT2D eigenvalue weighted by Gasteiger charge is -2.28. The summed E-state index contributed by atoms with van der Waals surface area (Å²) in [6, 6.07) is 10.6. The van der Waals surface area contributed by atoms with Crippen LogP contribution in [0.3, 0.4) is 0 Å². The van der Waals surface area contributed by atoms with E-state index in [4.69, 9.17) is 17.3 Å². The summed E-state index contributed by atoms with van der Waals surface area (Å²) in [4.78, 5) is 3.40. The lowest BCUT2D eigenvalue weighted by molar-refractivity contribution is 0.692. The Hall–Kier alpha value is -1.03. The van der Waals surface area contributed by atoms with E-state index in [2.05, 4.69) is 43.1 Å². The number of likely N-dealkylation sites (N-methyl/N-ethyl adjacent to an activating group) is 1. The van der Waals surface area contributed by atoms with Gasteiger partial charge < -0.3 is 10.6 Å². The molecule has 0 amide bonds. The number of aryl methyl sites for hydroxylation is 1. The van der Waals surface area contributed by atoms with Crippen LogP contribution in [0.15, 0.2) is 35.7 Å². The van der Waals surface area contributed by atoms with E-state index in [9.17, 15) is 0 Å². The van der Waals surface area contributed by atoms with Crippen molar-refractivity contribution in [1.29, 1.82) is 0 Å². The molecule has 1 unspecified atom stereocenters. The van der Waals surface area contributed by atoms with Gasteiger partial charge in [-0.3, -0.25) is 0 Å². The van der Waals surface area contributed by atoms with Gasteiger partial charge in [-0.1, -0.05) is 23.7 Å². The second-order valence-electron chi connectivity index (χ2n) is 4.37. The number of nitrogens with zero attached hydrogens (tertiary/aromatic N) is 1. The van der Waals surface area contributed by atoms with Crippen LogP contribution in [0.4, 0.5) is 5.69 Å². The molecular formula is C14H17ClN2S. The quantitative estimate of drug-likeness (QED) is 0.922. The number of rotatable bonds is 4. The molecule has 0 aliphatic heterocycles. The summed E-state index contributed by atoms with van der Waals surface area (Å²) in [5, 5.41) is 2.73. The highest BCUT2D eigenvalue weighted by Crippen LogP contribution is 2.31. The summed E-state index contributed by atoms with van der Waals surface area (Å²) in [5.74, 6) is 0. The molecule has 96 valence electrons. The Labute approximate surface area is 117 Å². The highest BCUT2D eigenvalue weighted by atomic mass is 35.5. The van der Waals surface area contributed by atoms with Crippen molar-refractivity contribution in [1.82, 2.24) is 0 Å². The Bertz CT molecular complexity index is 524. The van der Waals surface area contributed by atoms with Crippen molar-refractivity contribution in [2.45, 2.75) is 13.0 Å². The SMILES string of the molecule is Cc1cccc(N(C)C(CN)c2cc(Cl)cs2)c1. The Balaban J connectivity index is 2.28. The molecule has 1 aromatic heterocycles. The van der Waals surface area contributed by atoms with E-state index in [1.165, 1.54) is 16.1 Å².